The molecule has 0 aromatic heterocycles. The van der Waals surface area contributed by atoms with Crippen molar-refractivity contribution in [2.45, 2.75) is 55.5 Å². The van der Waals surface area contributed by atoms with Gasteiger partial charge < -0.3 is 9.84 Å². The highest BCUT2D eigenvalue weighted by atomic mass is 32.2. The summed E-state index contributed by atoms with van der Waals surface area (Å²) in [5.41, 5.74) is 1.06. The molecule has 0 amide bonds. The van der Waals surface area contributed by atoms with Crippen LogP contribution in [-0.4, -0.2) is 32.7 Å². The standard InChI is InChI=1S/C15H20O4S/c1-10-6-8-12(9-7-10)20(18)14(15(16)17)13-5-3-4-11(2)19-13/h6-9,11,13-14H,3-5H2,1-2H3,(H,16,17)/t11-,13-,14?,20-/m0/s1. The number of carboxylic acids is 1. The summed E-state index contributed by atoms with van der Waals surface area (Å²) in [7, 11) is -1.60. The van der Waals surface area contributed by atoms with Gasteiger partial charge in [0.1, 0.15) is 0 Å². The van der Waals surface area contributed by atoms with Crippen LogP contribution in [0.25, 0.3) is 0 Å². The van der Waals surface area contributed by atoms with Crippen molar-refractivity contribution in [3.63, 3.8) is 0 Å². The first-order chi connectivity index (χ1) is 9.49. The molecule has 4 nitrogen and oxygen atoms in total. The van der Waals surface area contributed by atoms with Gasteiger partial charge in [0, 0.05) is 4.90 Å². The molecule has 5 heteroatoms. The maximum atomic E-state index is 12.6. The predicted octanol–water partition coefficient (Wildman–Crippen LogP) is 2.51. The molecule has 110 valence electrons. The number of carbonyl (C=O) groups is 1. The Balaban J connectivity index is 2.21. The van der Waals surface area contributed by atoms with E-state index in [2.05, 4.69) is 0 Å². The fraction of sp³-hybridized carbons (Fsp3) is 0.533. The maximum absolute atomic E-state index is 12.6. The van der Waals surface area contributed by atoms with E-state index in [1.54, 1.807) is 12.1 Å². The summed E-state index contributed by atoms with van der Waals surface area (Å²) >= 11 is 0. The second kappa shape index (κ2) is 6.50. The second-order valence-corrected chi connectivity index (χ2v) is 6.86. The van der Waals surface area contributed by atoms with Gasteiger partial charge in [-0.2, -0.15) is 0 Å². The van der Waals surface area contributed by atoms with Crippen molar-refractivity contribution < 1.29 is 18.8 Å². The van der Waals surface area contributed by atoms with Crippen LogP contribution in [0.15, 0.2) is 29.2 Å². The lowest BCUT2D eigenvalue weighted by Gasteiger charge is -2.31. The quantitative estimate of drug-likeness (QED) is 0.927. The minimum absolute atomic E-state index is 0.0330. The van der Waals surface area contributed by atoms with E-state index >= 15 is 0 Å². The average Bonchev–Trinajstić information content (AvgIpc) is 2.39. The minimum Gasteiger partial charge on any atom is -0.480 e. The van der Waals surface area contributed by atoms with Gasteiger partial charge in [0.2, 0.25) is 0 Å². The summed E-state index contributed by atoms with van der Waals surface area (Å²) in [6, 6.07) is 7.15. The second-order valence-electron chi connectivity index (χ2n) is 5.29. The van der Waals surface area contributed by atoms with E-state index in [9.17, 15) is 14.1 Å². The summed E-state index contributed by atoms with van der Waals surface area (Å²) in [5, 5.41) is 8.43. The number of carboxylic acid groups (broad SMARTS) is 1. The van der Waals surface area contributed by atoms with E-state index < -0.39 is 28.1 Å². The summed E-state index contributed by atoms with van der Waals surface area (Å²) in [5.74, 6) is -1.05. The van der Waals surface area contributed by atoms with Gasteiger partial charge in [0.25, 0.3) is 0 Å². The average molecular weight is 296 g/mol. The van der Waals surface area contributed by atoms with Crippen LogP contribution in [0.3, 0.4) is 0 Å². The SMILES string of the molecule is Cc1ccc([S@](=O)C(C(=O)O)[C@@H]2CCC[C@H](C)O2)cc1. The van der Waals surface area contributed by atoms with Gasteiger partial charge in [-0.05, 0) is 45.2 Å². The molecule has 0 spiro atoms. The number of hydrogen-bond donors (Lipinski definition) is 1. The smallest absolute Gasteiger partial charge is 0.322 e. The molecule has 1 N–H and O–H groups in total. The van der Waals surface area contributed by atoms with Crippen molar-refractivity contribution in [3.8, 4) is 0 Å². The molecule has 20 heavy (non-hydrogen) atoms. The maximum Gasteiger partial charge on any atom is 0.322 e. The van der Waals surface area contributed by atoms with Crippen molar-refractivity contribution in [1.29, 1.82) is 0 Å². The zero-order valence-electron chi connectivity index (χ0n) is 11.7. The summed E-state index contributed by atoms with van der Waals surface area (Å²) in [6.45, 7) is 3.87. The molecule has 1 unspecified atom stereocenters. The number of aliphatic carboxylic acids is 1. The van der Waals surface area contributed by atoms with Crippen LogP contribution in [0.4, 0.5) is 0 Å². The highest BCUT2D eigenvalue weighted by molar-refractivity contribution is 7.86. The highest BCUT2D eigenvalue weighted by Gasteiger charge is 2.37. The van der Waals surface area contributed by atoms with E-state index in [-0.39, 0.29) is 6.10 Å². The monoisotopic (exact) mass is 296 g/mol. The lowest BCUT2D eigenvalue weighted by molar-refractivity contribution is -0.141. The van der Waals surface area contributed by atoms with Crippen LogP contribution in [0.2, 0.25) is 0 Å². The van der Waals surface area contributed by atoms with Crippen LogP contribution < -0.4 is 0 Å². The Bertz CT molecular complexity index is 497. The number of aryl methyl sites for hydroxylation is 1. The Morgan fingerprint density at radius 2 is 2.00 bits per heavy atom. The number of hydrogen-bond acceptors (Lipinski definition) is 3. The lowest BCUT2D eigenvalue weighted by atomic mass is 10.0. The summed E-state index contributed by atoms with van der Waals surface area (Å²) in [6.07, 6.45) is 2.06. The first-order valence-electron chi connectivity index (χ1n) is 6.84. The molecule has 0 saturated carbocycles. The minimum atomic E-state index is -1.60. The van der Waals surface area contributed by atoms with Crippen LogP contribution in [0.5, 0.6) is 0 Å². The Hall–Kier alpha value is -1.20. The van der Waals surface area contributed by atoms with Crippen molar-refractivity contribution in [2.24, 2.45) is 0 Å². The third-order valence-corrected chi connectivity index (χ3v) is 5.27. The zero-order chi connectivity index (χ0) is 14.7. The molecule has 4 atom stereocenters. The van der Waals surface area contributed by atoms with Gasteiger partial charge in [-0.25, -0.2) is 0 Å². The number of ether oxygens (including phenoxy) is 1. The molecule has 1 aromatic carbocycles. The lowest BCUT2D eigenvalue weighted by Crippen LogP contribution is -2.43. The van der Waals surface area contributed by atoms with Crippen molar-refractivity contribution in [2.75, 3.05) is 0 Å². The van der Waals surface area contributed by atoms with Crippen LogP contribution in [0.1, 0.15) is 31.7 Å². The first kappa shape index (κ1) is 15.2. The molecule has 1 heterocycles. The van der Waals surface area contributed by atoms with E-state index in [0.29, 0.717) is 11.3 Å². The van der Waals surface area contributed by atoms with Crippen molar-refractivity contribution in [1.82, 2.24) is 0 Å². The number of benzene rings is 1. The topological polar surface area (TPSA) is 63.6 Å². The van der Waals surface area contributed by atoms with E-state index in [4.69, 9.17) is 4.74 Å². The molecule has 0 radical (unpaired) electrons. The van der Waals surface area contributed by atoms with Crippen LogP contribution in [0, 0.1) is 6.92 Å². The van der Waals surface area contributed by atoms with E-state index in [1.807, 2.05) is 26.0 Å². The normalized spacial score (nSPS) is 25.9. The predicted molar refractivity (Wildman–Crippen MR) is 77.2 cm³/mol. The number of rotatable bonds is 4. The van der Waals surface area contributed by atoms with Crippen molar-refractivity contribution >= 4 is 16.8 Å². The van der Waals surface area contributed by atoms with Crippen LogP contribution in [-0.2, 0) is 20.3 Å². The van der Waals surface area contributed by atoms with E-state index in [1.165, 1.54) is 0 Å². The zero-order valence-corrected chi connectivity index (χ0v) is 12.6. The van der Waals surface area contributed by atoms with Gasteiger partial charge in [-0.1, -0.05) is 17.7 Å². The largest absolute Gasteiger partial charge is 0.480 e. The summed E-state index contributed by atoms with van der Waals surface area (Å²) in [4.78, 5) is 12.1. The highest BCUT2D eigenvalue weighted by Crippen LogP contribution is 2.26. The molecule has 1 fully saturated rings. The molecule has 0 bridgehead atoms. The van der Waals surface area contributed by atoms with Gasteiger partial charge >= 0.3 is 5.97 Å². The van der Waals surface area contributed by atoms with Gasteiger partial charge in [0.15, 0.2) is 5.25 Å². The Labute approximate surface area is 121 Å². The Kier molecular flexibility index (Phi) is 4.94. The van der Waals surface area contributed by atoms with Gasteiger partial charge in [0.05, 0.1) is 23.0 Å². The van der Waals surface area contributed by atoms with E-state index in [0.717, 1.165) is 18.4 Å². The van der Waals surface area contributed by atoms with Gasteiger partial charge in [-0.3, -0.25) is 9.00 Å². The summed E-state index contributed by atoms with van der Waals surface area (Å²) < 4.78 is 18.3. The molecule has 1 aliphatic heterocycles. The Morgan fingerprint density at radius 1 is 1.35 bits per heavy atom. The molecule has 0 aliphatic carbocycles. The van der Waals surface area contributed by atoms with Crippen molar-refractivity contribution in [3.05, 3.63) is 29.8 Å². The molecule has 1 saturated heterocycles. The third-order valence-electron chi connectivity index (χ3n) is 3.57. The molecule has 1 aliphatic rings. The first-order valence-corrected chi connectivity index (χ1v) is 8.06. The van der Waals surface area contributed by atoms with Crippen LogP contribution >= 0.6 is 0 Å². The molecule has 1 aromatic rings. The fourth-order valence-electron chi connectivity index (χ4n) is 2.47. The molecular formula is C15H20O4S. The molecular weight excluding hydrogens is 276 g/mol. The Morgan fingerprint density at radius 3 is 2.55 bits per heavy atom. The fourth-order valence-corrected chi connectivity index (χ4v) is 3.83. The third kappa shape index (κ3) is 3.46. The van der Waals surface area contributed by atoms with Gasteiger partial charge in [-0.15, -0.1) is 0 Å². The molecule has 2 rings (SSSR count).